The van der Waals surface area contributed by atoms with Gasteiger partial charge in [-0.1, -0.05) is 32.0 Å². The van der Waals surface area contributed by atoms with Crippen LogP contribution < -0.4 is 5.32 Å². The fourth-order valence-corrected chi connectivity index (χ4v) is 2.58. The van der Waals surface area contributed by atoms with Gasteiger partial charge in [0, 0.05) is 35.0 Å². The van der Waals surface area contributed by atoms with E-state index in [2.05, 4.69) is 54.7 Å². The van der Waals surface area contributed by atoms with Gasteiger partial charge in [-0.3, -0.25) is 4.68 Å². The summed E-state index contributed by atoms with van der Waals surface area (Å²) in [6.07, 6.45) is 4.07. The number of aromatic nitrogens is 2. The van der Waals surface area contributed by atoms with Gasteiger partial charge >= 0.3 is 0 Å². The second-order valence-corrected chi connectivity index (χ2v) is 5.98. The first-order valence-corrected chi connectivity index (χ1v) is 7.65. The Morgan fingerprint density at radius 2 is 2.05 bits per heavy atom. The average Bonchev–Trinajstić information content (AvgIpc) is 2.86. The third kappa shape index (κ3) is 5.09. The maximum atomic E-state index is 4.39. The van der Waals surface area contributed by atoms with Crippen LogP contribution in [0, 0.1) is 0 Å². The third-order valence-electron chi connectivity index (χ3n) is 2.73. The van der Waals surface area contributed by atoms with Gasteiger partial charge in [0.15, 0.2) is 0 Å². The molecule has 0 amide bonds. The van der Waals surface area contributed by atoms with Crippen LogP contribution in [0.15, 0.2) is 47.6 Å². The summed E-state index contributed by atoms with van der Waals surface area (Å²) in [4.78, 5) is 1.32. The van der Waals surface area contributed by atoms with Gasteiger partial charge in [0.05, 0.1) is 12.7 Å². The minimum Gasteiger partial charge on any atom is -0.310 e. The Hall–Kier alpha value is -1.26. The number of hydrogen-bond donors (Lipinski definition) is 1. The molecule has 102 valence electrons. The maximum Gasteiger partial charge on any atom is 0.0534 e. The third-order valence-corrected chi connectivity index (χ3v) is 3.73. The van der Waals surface area contributed by atoms with Gasteiger partial charge in [0.1, 0.15) is 0 Å². The molecule has 0 saturated heterocycles. The molecule has 3 nitrogen and oxygen atoms in total. The van der Waals surface area contributed by atoms with Crippen LogP contribution in [-0.4, -0.2) is 21.6 Å². The van der Waals surface area contributed by atoms with Gasteiger partial charge in [0.2, 0.25) is 0 Å². The molecular weight excluding hydrogens is 254 g/mol. The summed E-state index contributed by atoms with van der Waals surface area (Å²) in [5.41, 5.74) is 1.25. The quantitative estimate of drug-likeness (QED) is 0.787. The molecule has 19 heavy (non-hydrogen) atoms. The number of hydrogen-bond acceptors (Lipinski definition) is 3. The molecule has 2 aromatic rings. The van der Waals surface area contributed by atoms with Crippen LogP contribution in [0.25, 0.3) is 0 Å². The molecule has 0 aliphatic heterocycles. The molecule has 0 fully saturated rings. The first kappa shape index (κ1) is 14.2. The molecule has 0 unspecified atom stereocenters. The molecule has 1 N–H and O–H groups in total. The lowest BCUT2D eigenvalue weighted by Gasteiger charge is -2.05. The summed E-state index contributed by atoms with van der Waals surface area (Å²) < 4.78 is 2.02. The smallest absolute Gasteiger partial charge is 0.0534 e. The van der Waals surface area contributed by atoms with Crippen LogP contribution >= 0.6 is 11.8 Å². The zero-order valence-corrected chi connectivity index (χ0v) is 12.4. The number of nitrogens with one attached hydrogen (secondary N) is 1. The normalized spacial score (nSPS) is 11.1. The topological polar surface area (TPSA) is 29.9 Å². The van der Waals surface area contributed by atoms with E-state index in [0.717, 1.165) is 18.8 Å². The minimum absolute atomic E-state index is 0.511. The number of benzene rings is 1. The Balaban J connectivity index is 1.74. The molecule has 1 aromatic heterocycles. The lowest BCUT2D eigenvalue weighted by atomic mass is 10.3. The van der Waals surface area contributed by atoms with Crippen molar-refractivity contribution in [2.45, 2.75) is 37.9 Å². The molecule has 0 radical (unpaired) electrons. The molecule has 1 aromatic carbocycles. The highest BCUT2D eigenvalue weighted by molar-refractivity contribution is 7.99. The summed E-state index contributed by atoms with van der Waals surface area (Å²) >= 11 is 1.87. The summed E-state index contributed by atoms with van der Waals surface area (Å²) in [6.45, 7) is 6.15. The lowest BCUT2D eigenvalue weighted by Crippen LogP contribution is -2.21. The predicted molar refractivity (Wildman–Crippen MR) is 81.4 cm³/mol. The minimum atomic E-state index is 0.511. The van der Waals surface area contributed by atoms with Crippen molar-refractivity contribution in [1.29, 1.82) is 0 Å². The number of rotatable bonds is 7. The van der Waals surface area contributed by atoms with Gasteiger partial charge < -0.3 is 5.32 Å². The van der Waals surface area contributed by atoms with Gasteiger partial charge in [-0.05, 0) is 12.1 Å². The van der Waals surface area contributed by atoms with Crippen LogP contribution in [0.2, 0.25) is 0 Å². The highest BCUT2D eigenvalue weighted by Crippen LogP contribution is 2.16. The monoisotopic (exact) mass is 275 g/mol. The Kier molecular flexibility index (Phi) is 5.48. The van der Waals surface area contributed by atoms with E-state index in [-0.39, 0.29) is 0 Å². The van der Waals surface area contributed by atoms with Crippen LogP contribution in [0.1, 0.15) is 19.4 Å². The van der Waals surface area contributed by atoms with Gasteiger partial charge in [-0.15, -0.1) is 11.8 Å². The SMILES string of the molecule is CC(C)NCc1cnn(CCSc2ccccc2)c1. The van der Waals surface area contributed by atoms with E-state index in [1.165, 1.54) is 10.5 Å². The molecule has 4 heteroatoms. The largest absolute Gasteiger partial charge is 0.310 e. The summed E-state index contributed by atoms with van der Waals surface area (Å²) in [5, 5.41) is 7.79. The van der Waals surface area contributed by atoms with Gasteiger partial charge in [-0.2, -0.15) is 5.10 Å². The van der Waals surface area contributed by atoms with Gasteiger partial charge in [0.25, 0.3) is 0 Å². The molecular formula is C15H21N3S. The number of aryl methyl sites for hydroxylation is 1. The van der Waals surface area contributed by atoms with Crippen LogP contribution in [0.4, 0.5) is 0 Å². The Morgan fingerprint density at radius 3 is 2.79 bits per heavy atom. The summed E-state index contributed by atoms with van der Waals surface area (Å²) in [7, 11) is 0. The zero-order chi connectivity index (χ0) is 13.5. The molecule has 0 atom stereocenters. The number of nitrogens with zero attached hydrogens (tertiary/aromatic N) is 2. The summed E-state index contributed by atoms with van der Waals surface area (Å²) in [5.74, 6) is 1.04. The van der Waals surface area contributed by atoms with Crippen molar-refractivity contribution in [2.75, 3.05) is 5.75 Å². The Labute approximate surface area is 119 Å². The number of thioether (sulfide) groups is 1. The fraction of sp³-hybridized carbons (Fsp3) is 0.400. The van der Waals surface area contributed by atoms with E-state index in [0.29, 0.717) is 6.04 Å². The van der Waals surface area contributed by atoms with Crippen molar-refractivity contribution in [1.82, 2.24) is 15.1 Å². The van der Waals surface area contributed by atoms with E-state index in [1.54, 1.807) is 0 Å². The lowest BCUT2D eigenvalue weighted by molar-refractivity contribution is 0.588. The van der Waals surface area contributed by atoms with Crippen molar-refractivity contribution < 1.29 is 0 Å². The first-order valence-electron chi connectivity index (χ1n) is 6.66. The van der Waals surface area contributed by atoms with Crippen molar-refractivity contribution in [3.8, 4) is 0 Å². The highest BCUT2D eigenvalue weighted by atomic mass is 32.2. The molecule has 0 saturated carbocycles. The van der Waals surface area contributed by atoms with Crippen molar-refractivity contribution in [3.05, 3.63) is 48.3 Å². The molecule has 2 rings (SSSR count). The molecule has 0 bridgehead atoms. The molecule has 0 aliphatic rings. The molecule has 0 aliphatic carbocycles. The second kappa shape index (κ2) is 7.36. The van der Waals surface area contributed by atoms with Crippen LogP contribution in [-0.2, 0) is 13.1 Å². The van der Waals surface area contributed by atoms with E-state index < -0.39 is 0 Å². The standard InChI is InChI=1S/C15H21N3S/c1-13(2)16-10-14-11-17-18(12-14)8-9-19-15-6-4-3-5-7-15/h3-7,11-13,16H,8-10H2,1-2H3. The van der Waals surface area contributed by atoms with Gasteiger partial charge in [-0.25, -0.2) is 0 Å². The molecule has 1 heterocycles. The summed E-state index contributed by atoms with van der Waals surface area (Å²) in [6, 6.07) is 11.0. The van der Waals surface area contributed by atoms with E-state index in [4.69, 9.17) is 0 Å². The van der Waals surface area contributed by atoms with Crippen molar-refractivity contribution in [3.63, 3.8) is 0 Å². The van der Waals surface area contributed by atoms with E-state index in [1.807, 2.05) is 28.7 Å². The second-order valence-electron chi connectivity index (χ2n) is 4.81. The molecule has 0 spiro atoms. The fourth-order valence-electron chi connectivity index (χ4n) is 1.72. The van der Waals surface area contributed by atoms with E-state index >= 15 is 0 Å². The predicted octanol–water partition coefficient (Wildman–Crippen LogP) is 3.17. The average molecular weight is 275 g/mol. The zero-order valence-electron chi connectivity index (χ0n) is 11.5. The highest BCUT2D eigenvalue weighted by Gasteiger charge is 2.00. The van der Waals surface area contributed by atoms with Crippen molar-refractivity contribution >= 4 is 11.8 Å². The first-order chi connectivity index (χ1) is 9.24. The van der Waals surface area contributed by atoms with Crippen LogP contribution in [0.5, 0.6) is 0 Å². The van der Waals surface area contributed by atoms with E-state index in [9.17, 15) is 0 Å². The maximum absolute atomic E-state index is 4.39. The van der Waals surface area contributed by atoms with Crippen molar-refractivity contribution in [2.24, 2.45) is 0 Å². The Bertz CT molecular complexity index is 479. The Morgan fingerprint density at radius 1 is 1.26 bits per heavy atom. The van der Waals surface area contributed by atoms with Crippen LogP contribution in [0.3, 0.4) is 0 Å².